The second kappa shape index (κ2) is 9.81. The number of aliphatic hydroxyl groups is 1. The van der Waals surface area contributed by atoms with Crippen LogP contribution in [0.25, 0.3) is 11.3 Å². The molecule has 0 aliphatic carbocycles. The minimum absolute atomic E-state index is 0.287. The fraction of sp³-hybridized carbons (Fsp3) is 0.320. The third-order valence-electron chi connectivity index (χ3n) is 5.67. The molecule has 1 saturated heterocycles. The van der Waals surface area contributed by atoms with Crippen LogP contribution in [0.15, 0.2) is 60.8 Å². The first kappa shape index (κ1) is 21.2. The van der Waals surface area contributed by atoms with Crippen LogP contribution in [0, 0.1) is 12.8 Å². The molecule has 1 atom stereocenters. The van der Waals surface area contributed by atoms with Gasteiger partial charge in [0.1, 0.15) is 5.69 Å². The first-order chi connectivity index (χ1) is 15.1. The standard InChI is InChI=1S/C25H27N3O3/c1-17-24(25(30)27-21-8-3-2-4-9-21)28-22(16-26-17)19-6-5-7-20(15-19)23(29)14-18-10-12-31-13-11-18/h2-9,15-16,18,23,29H,10-14H2,1H3,(H,27,30). The summed E-state index contributed by atoms with van der Waals surface area (Å²) in [7, 11) is 0. The quantitative estimate of drug-likeness (QED) is 0.614. The van der Waals surface area contributed by atoms with Gasteiger partial charge in [-0.2, -0.15) is 0 Å². The van der Waals surface area contributed by atoms with Gasteiger partial charge in [0.05, 0.1) is 23.7 Å². The lowest BCUT2D eigenvalue weighted by atomic mass is 9.90. The average Bonchev–Trinajstić information content (AvgIpc) is 2.81. The molecule has 160 valence electrons. The van der Waals surface area contributed by atoms with Gasteiger partial charge in [-0.25, -0.2) is 4.98 Å². The predicted octanol–water partition coefficient (Wildman–Crippen LogP) is 4.55. The summed E-state index contributed by atoms with van der Waals surface area (Å²) >= 11 is 0. The van der Waals surface area contributed by atoms with Gasteiger partial charge in [0, 0.05) is 24.5 Å². The van der Waals surface area contributed by atoms with Crippen LogP contribution in [0.2, 0.25) is 0 Å². The molecule has 6 heteroatoms. The monoisotopic (exact) mass is 417 g/mol. The summed E-state index contributed by atoms with van der Waals surface area (Å²) in [4.78, 5) is 21.7. The highest BCUT2D eigenvalue weighted by atomic mass is 16.5. The summed E-state index contributed by atoms with van der Waals surface area (Å²) in [5.41, 5.74) is 3.83. The summed E-state index contributed by atoms with van der Waals surface area (Å²) < 4.78 is 5.41. The molecule has 0 bridgehead atoms. The molecule has 1 fully saturated rings. The second-order valence-corrected chi connectivity index (χ2v) is 7.94. The highest BCUT2D eigenvalue weighted by molar-refractivity contribution is 6.03. The Morgan fingerprint density at radius 3 is 2.71 bits per heavy atom. The van der Waals surface area contributed by atoms with E-state index in [1.54, 1.807) is 13.1 Å². The molecule has 2 heterocycles. The van der Waals surface area contributed by atoms with E-state index in [-0.39, 0.29) is 11.6 Å². The summed E-state index contributed by atoms with van der Waals surface area (Å²) in [6.45, 7) is 3.30. The van der Waals surface area contributed by atoms with Crippen LogP contribution in [0.3, 0.4) is 0 Å². The lowest BCUT2D eigenvalue weighted by Crippen LogP contribution is -2.18. The molecule has 1 aliphatic heterocycles. The lowest BCUT2D eigenvalue weighted by Gasteiger charge is -2.24. The van der Waals surface area contributed by atoms with Crippen molar-refractivity contribution in [1.29, 1.82) is 0 Å². The number of nitrogens with zero attached hydrogens (tertiary/aromatic N) is 2. The smallest absolute Gasteiger partial charge is 0.276 e. The van der Waals surface area contributed by atoms with Crippen molar-refractivity contribution in [3.63, 3.8) is 0 Å². The van der Waals surface area contributed by atoms with E-state index >= 15 is 0 Å². The molecule has 2 N–H and O–H groups in total. The number of rotatable bonds is 6. The van der Waals surface area contributed by atoms with Crippen LogP contribution >= 0.6 is 0 Å². The van der Waals surface area contributed by atoms with Crippen LogP contribution in [0.4, 0.5) is 5.69 Å². The number of nitrogens with one attached hydrogen (secondary N) is 1. The third kappa shape index (κ3) is 5.34. The Labute approximate surface area is 182 Å². The molecule has 0 spiro atoms. The molecule has 1 aromatic heterocycles. The number of aryl methyl sites for hydroxylation is 1. The zero-order chi connectivity index (χ0) is 21.6. The Kier molecular flexibility index (Phi) is 6.70. The van der Waals surface area contributed by atoms with Gasteiger partial charge in [-0.3, -0.25) is 9.78 Å². The number of carbonyl (C=O) groups is 1. The maximum Gasteiger partial charge on any atom is 0.276 e. The molecule has 1 aliphatic rings. The maximum atomic E-state index is 12.8. The van der Waals surface area contributed by atoms with Crippen molar-refractivity contribution in [2.24, 2.45) is 5.92 Å². The molecule has 2 aromatic carbocycles. The van der Waals surface area contributed by atoms with Crippen molar-refractivity contribution >= 4 is 11.6 Å². The van der Waals surface area contributed by atoms with Crippen molar-refractivity contribution in [1.82, 2.24) is 9.97 Å². The van der Waals surface area contributed by atoms with E-state index in [2.05, 4.69) is 15.3 Å². The number of amides is 1. The predicted molar refractivity (Wildman–Crippen MR) is 120 cm³/mol. The number of hydrogen-bond acceptors (Lipinski definition) is 5. The van der Waals surface area contributed by atoms with Crippen molar-refractivity contribution < 1.29 is 14.6 Å². The summed E-state index contributed by atoms with van der Waals surface area (Å²) in [6.07, 6.45) is 3.82. The van der Waals surface area contributed by atoms with E-state index in [1.807, 2.05) is 54.6 Å². The molecule has 1 amide bonds. The maximum absolute atomic E-state index is 12.8. The SMILES string of the molecule is Cc1ncc(-c2cccc(C(O)CC3CCOCC3)c2)nc1C(=O)Nc1ccccc1. The molecule has 3 aromatic rings. The fourth-order valence-electron chi connectivity index (χ4n) is 3.85. The molecule has 4 rings (SSSR count). The van der Waals surface area contributed by atoms with E-state index in [0.717, 1.165) is 43.6 Å². The van der Waals surface area contributed by atoms with Crippen LogP contribution in [-0.4, -0.2) is 34.2 Å². The van der Waals surface area contributed by atoms with E-state index in [4.69, 9.17) is 4.74 Å². The number of ether oxygens (including phenoxy) is 1. The molecule has 0 radical (unpaired) electrons. The first-order valence-corrected chi connectivity index (χ1v) is 10.7. The normalized spacial score (nSPS) is 15.4. The summed E-state index contributed by atoms with van der Waals surface area (Å²) in [6, 6.07) is 17.0. The van der Waals surface area contributed by atoms with Crippen molar-refractivity contribution in [2.45, 2.75) is 32.3 Å². The first-order valence-electron chi connectivity index (χ1n) is 10.7. The Balaban J connectivity index is 1.53. The van der Waals surface area contributed by atoms with Gasteiger partial charge in [-0.05, 0) is 55.9 Å². The molecular weight excluding hydrogens is 390 g/mol. The van der Waals surface area contributed by atoms with Gasteiger partial charge in [-0.15, -0.1) is 0 Å². The highest BCUT2D eigenvalue weighted by Crippen LogP contribution is 2.29. The summed E-state index contributed by atoms with van der Waals surface area (Å²) in [5.74, 6) is 0.175. The van der Waals surface area contributed by atoms with E-state index < -0.39 is 6.10 Å². The molecular formula is C25H27N3O3. The van der Waals surface area contributed by atoms with Crippen LogP contribution in [0.1, 0.15) is 47.1 Å². The van der Waals surface area contributed by atoms with Gasteiger partial charge in [0.25, 0.3) is 5.91 Å². The lowest BCUT2D eigenvalue weighted by molar-refractivity contribution is 0.0435. The third-order valence-corrected chi connectivity index (χ3v) is 5.67. The minimum atomic E-state index is -0.540. The Bertz CT molecular complexity index is 1030. The Morgan fingerprint density at radius 1 is 1.16 bits per heavy atom. The number of para-hydroxylation sites is 1. The molecule has 6 nitrogen and oxygen atoms in total. The Hall–Kier alpha value is -3.09. The van der Waals surface area contributed by atoms with E-state index in [9.17, 15) is 9.90 Å². The topological polar surface area (TPSA) is 84.3 Å². The van der Waals surface area contributed by atoms with Gasteiger partial charge in [-0.1, -0.05) is 36.4 Å². The van der Waals surface area contributed by atoms with Crippen molar-refractivity contribution in [2.75, 3.05) is 18.5 Å². The van der Waals surface area contributed by atoms with E-state index in [0.29, 0.717) is 23.0 Å². The zero-order valence-corrected chi connectivity index (χ0v) is 17.6. The Morgan fingerprint density at radius 2 is 1.94 bits per heavy atom. The number of benzene rings is 2. The van der Waals surface area contributed by atoms with Crippen molar-refractivity contribution in [3.8, 4) is 11.3 Å². The van der Waals surface area contributed by atoms with Gasteiger partial charge < -0.3 is 15.2 Å². The fourth-order valence-corrected chi connectivity index (χ4v) is 3.85. The van der Waals surface area contributed by atoms with Gasteiger partial charge in [0.15, 0.2) is 0 Å². The average molecular weight is 418 g/mol. The van der Waals surface area contributed by atoms with Crippen LogP contribution in [-0.2, 0) is 4.74 Å². The number of carbonyl (C=O) groups excluding carboxylic acids is 1. The van der Waals surface area contributed by atoms with Crippen LogP contribution < -0.4 is 5.32 Å². The highest BCUT2D eigenvalue weighted by Gasteiger charge is 2.20. The number of hydrogen-bond donors (Lipinski definition) is 2. The van der Waals surface area contributed by atoms with E-state index in [1.165, 1.54) is 0 Å². The van der Waals surface area contributed by atoms with Gasteiger partial charge >= 0.3 is 0 Å². The number of aliphatic hydroxyl groups excluding tert-OH is 1. The number of anilines is 1. The largest absolute Gasteiger partial charge is 0.388 e. The minimum Gasteiger partial charge on any atom is -0.388 e. The molecule has 0 saturated carbocycles. The molecule has 31 heavy (non-hydrogen) atoms. The zero-order valence-electron chi connectivity index (χ0n) is 17.6. The molecule has 1 unspecified atom stereocenters. The van der Waals surface area contributed by atoms with Crippen molar-refractivity contribution in [3.05, 3.63) is 77.7 Å². The summed E-state index contributed by atoms with van der Waals surface area (Å²) in [5, 5.41) is 13.6. The van der Waals surface area contributed by atoms with Gasteiger partial charge in [0.2, 0.25) is 0 Å². The second-order valence-electron chi connectivity index (χ2n) is 7.94. The van der Waals surface area contributed by atoms with Crippen LogP contribution in [0.5, 0.6) is 0 Å². The number of aromatic nitrogens is 2.